The van der Waals surface area contributed by atoms with Gasteiger partial charge in [0.2, 0.25) is 0 Å². The number of hydrogen-bond donors (Lipinski definition) is 0. The van der Waals surface area contributed by atoms with Gasteiger partial charge in [-0.05, 0) is 17.5 Å². The predicted octanol–water partition coefficient (Wildman–Crippen LogP) is 2.81. The molecule has 1 aliphatic heterocycles. The van der Waals surface area contributed by atoms with E-state index in [1.807, 2.05) is 22.6 Å². The molecule has 1 nitrogen and oxygen atoms in total. The quantitative estimate of drug-likeness (QED) is 0.655. The lowest BCUT2D eigenvalue weighted by Crippen LogP contribution is -2.11. The van der Waals surface area contributed by atoms with Crippen LogP contribution in [0.3, 0.4) is 0 Å². The summed E-state index contributed by atoms with van der Waals surface area (Å²) in [7, 11) is 0. The summed E-state index contributed by atoms with van der Waals surface area (Å²) < 4.78 is 13.2. The number of halogens is 1. The van der Waals surface area contributed by atoms with E-state index in [0.29, 0.717) is 5.69 Å². The molecule has 12 heavy (non-hydrogen) atoms. The Balaban J connectivity index is 2.33. The van der Waals surface area contributed by atoms with Crippen molar-refractivity contribution in [2.75, 3.05) is 10.8 Å². The highest BCUT2D eigenvalue weighted by Gasteiger charge is 2.10. The molecule has 0 radical (unpaired) electrons. The van der Waals surface area contributed by atoms with Crippen LogP contribution in [0.25, 0.3) is 0 Å². The largest absolute Gasteiger partial charge is 0.335 e. The molecular weight excluding hydrogens is 173 g/mol. The molecule has 1 heterocycles. The molecule has 0 aromatic heterocycles. The van der Waals surface area contributed by atoms with Crippen molar-refractivity contribution in [2.45, 2.75) is 0 Å². The minimum atomic E-state index is -0.162. The van der Waals surface area contributed by atoms with Gasteiger partial charge in [-0.15, -0.1) is 11.8 Å². The lowest BCUT2D eigenvalue weighted by atomic mass is 10.3. The van der Waals surface area contributed by atoms with Gasteiger partial charge in [0.25, 0.3) is 0 Å². The summed E-state index contributed by atoms with van der Waals surface area (Å²) in [6.45, 7) is 0. The number of benzene rings is 1. The normalized spacial score (nSPS) is 15.6. The maximum atomic E-state index is 13.2. The van der Waals surface area contributed by atoms with Gasteiger partial charge < -0.3 is 4.90 Å². The average molecular weight is 181 g/mol. The zero-order valence-electron chi connectivity index (χ0n) is 6.40. The first-order valence-corrected chi connectivity index (χ1v) is 4.72. The van der Waals surface area contributed by atoms with Crippen molar-refractivity contribution in [3.05, 3.63) is 41.7 Å². The molecule has 3 heteroatoms. The molecule has 0 saturated heterocycles. The second-order valence-corrected chi connectivity index (χ2v) is 3.37. The molecule has 0 N–H and O–H groups in total. The maximum absolute atomic E-state index is 13.2. The van der Waals surface area contributed by atoms with Gasteiger partial charge in [-0.25, -0.2) is 4.39 Å². The molecule has 62 valence electrons. The number of hydrogen-bond acceptors (Lipinski definition) is 2. The molecule has 1 aromatic carbocycles. The van der Waals surface area contributed by atoms with Crippen molar-refractivity contribution < 1.29 is 4.39 Å². The Hall–Kier alpha value is -0.960. The van der Waals surface area contributed by atoms with Crippen molar-refractivity contribution in [1.29, 1.82) is 0 Å². The van der Waals surface area contributed by atoms with Crippen LogP contribution in [-0.4, -0.2) is 5.88 Å². The van der Waals surface area contributed by atoms with E-state index in [-0.39, 0.29) is 5.82 Å². The monoisotopic (exact) mass is 181 g/mol. The molecule has 0 amide bonds. The van der Waals surface area contributed by atoms with Crippen LogP contribution in [-0.2, 0) is 0 Å². The van der Waals surface area contributed by atoms with E-state index >= 15 is 0 Å². The fourth-order valence-electron chi connectivity index (χ4n) is 1.12. The third-order valence-electron chi connectivity index (χ3n) is 1.71. The highest BCUT2D eigenvalue weighted by Crippen LogP contribution is 2.25. The zero-order chi connectivity index (χ0) is 8.39. The van der Waals surface area contributed by atoms with Gasteiger partial charge in [-0.1, -0.05) is 12.1 Å². The standard InChI is InChI=1S/C9H8FNS/c10-8-3-1-2-4-9(8)11-5-6-12-7-11/h1-6H,7H2. The Morgan fingerprint density at radius 2 is 2.17 bits per heavy atom. The highest BCUT2D eigenvalue weighted by atomic mass is 32.2. The smallest absolute Gasteiger partial charge is 0.146 e. The minimum absolute atomic E-state index is 0.162. The fourth-order valence-corrected chi connectivity index (χ4v) is 1.82. The number of rotatable bonds is 1. The molecule has 1 aliphatic rings. The first-order valence-electron chi connectivity index (χ1n) is 3.67. The molecule has 0 unspecified atom stereocenters. The second kappa shape index (κ2) is 3.19. The average Bonchev–Trinajstić information content (AvgIpc) is 2.57. The van der Waals surface area contributed by atoms with E-state index in [2.05, 4.69) is 0 Å². The molecule has 0 atom stereocenters. The molecular formula is C9H8FNS. The number of para-hydroxylation sites is 1. The van der Waals surface area contributed by atoms with Crippen LogP contribution in [0.2, 0.25) is 0 Å². The van der Waals surface area contributed by atoms with Crippen LogP contribution in [0.5, 0.6) is 0 Å². The molecule has 0 bridgehead atoms. The van der Waals surface area contributed by atoms with Crippen molar-refractivity contribution in [3.63, 3.8) is 0 Å². The van der Waals surface area contributed by atoms with Crippen molar-refractivity contribution in [3.8, 4) is 0 Å². The first-order chi connectivity index (χ1) is 5.88. The van der Waals surface area contributed by atoms with Crippen LogP contribution in [0, 0.1) is 5.82 Å². The third kappa shape index (κ3) is 1.32. The van der Waals surface area contributed by atoms with Crippen LogP contribution in [0.15, 0.2) is 35.9 Å². The number of anilines is 1. The SMILES string of the molecule is Fc1ccccc1N1C=CSC1. The van der Waals surface area contributed by atoms with E-state index in [0.717, 1.165) is 5.88 Å². The lowest BCUT2D eigenvalue weighted by Gasteiger charge is -2.14. The van der Waals surface area contributed by atoms with Gasteiger partial charge in [0, 0.05) is 6.20 Å². The first kappa shape index (κ1) is 7.68. The summed E-state index contributed by atoms with van der Waals surface area (Å²) in [5, 5.41) is 1.96. The zero-order valence-corrected chi connectivity index (χ0v) is 7.22. The fraction of sp³-hybridized carbons (Fsp3) is 0.111. The van der Waals surface area contributed by atoms with Gasteiger partial charge in [0.05, 0.1) is 11.6 Å². The predicted molar refractivity (Wildman–Crippen MR) is 50.5 cm³/mol. The summed E-state index contributed by atoms with van der Waals surface area (Å²) in [4.78, 5) is 1.89. The molecule has 0 fully saturated rings. The van der Waals surface area contributed by atoms with Crippen molar-refractivity contribution in [1.82, 2.24) is 0 Å². The Morgan fingerprint density at radius 3 is 2.83 bits per heavy atom. The molecule has 0 aliphatic carbocycles. The molecule has 0 spiro atoms. The van der Waals surface area contributed by atoms with E-state index in [1.165, 1.54) is 6.07 Å². The Labute approximate surface area is 74.9 Å². The van der Waals surface area contributed by atoms with E-state index in [1.54, 1.807) is 23.9 Å². The minimum Gasteiger partial charge on any atom is -0.335 e. The summed E-state index contributed by atoms with van der Waals surface area (Å²) in [5.41, 5.74) is 0.652. The van der Waals surface area contributed by atoms with E-state index < -0.39 is 0 Å². The maximum Gasteiger partial charge on any atom is 0.146 e. The Bertz CT molecular complexity index is 311. The second-order valence-electron chi connectivity index (χ2n) is 2.50. The highest BCUT2D eigenvalue weighted by molar-refractivity contribution is 8.02. The van der Waals surface area contributed by atoms with Gasteiger partial charge in [0.1, 0.15) is 5.82 Å². The lowest BCUT2D eigenvalue weighted by molar-refractivity contribution is 0.627. The summed E-state index contributed by atoms with van der Waals surface area (Å²) in [6.07, 6.45) is 1.89. The Morgan fingerprint density at radius 1 is 1.33 bits per heavy atom. The molecule has 0 saturated carbocycles. The van der Waals surface area contributed by atoms with Crippen LogP contribution in [0.4, 0.5) is 10.1 Å². The molecule has 2 rings (SSSR count). The summed E-state index contributed by atoms with van der Waals surface area (Å²) in [5.74, 6) is 0.644. The third-order valence-corrected chi connectivity index (χ3v) is 2.45. The van der Waals surface area contributed by atoms with Crippen LogP contribution < -0.4 is 4.90 Å². The van der Waals surface area contributed by atoms with Gasteiger partial charge in [-0.3, -0.25) is 0 Å². The summed E-state index contributed by atoms with van der Waals surface area (Å²) in [6, 6.07) is 6.80. The van der Waals surface area contributed by atoms with Gasteiger partial charge in [0.15, 0.2) is 0 Å². The number of nitrogens with zero attached hydrogens (tertiary/aromatic N) is 1. The van der Waals surface area contributed by atoms with Gasteiger partial charge in [-0.2, -0.15) is 0 Å². The van der Waals surface area contributed by atoms with E-state index in [4.69, 9.17) is 0 Å². The van der Waals surface area contributed by atoms with Crippen LogP contribution in [0.1, 0.15) is 0 Å². The van der Waals surface area contributed by atoms with Crippen molar-refractivity contribution >= 4 is 17.4 Å². The Kier molecular flexibility index (Phi) is 2.04. The topological polar surface area (TPSA) is 3.24 Å². The summed E-state index contributed by atoms with van der Waals surface area (Å²) >= 11 is 1.66. The van der Waals surface area contributed by atoms with Crippen molar-refractivity contribution in [2.24, 2.45) is 0 Å². The van der Waals surface area contributed by atoms with E-state index in [9.17, 15) is 4.39 Å². The van der Waals surface area contributed by atoms with Crippen LogP contribution >= 0.6 is 11.8 Å². The number of thioether (sulfide) groups is 1. The molecule has 1 aromatic rings. The van der Waals surface area contributed by atoms with Gasteiger partial charge >= 0.3 is 0 Å².